The molecule has 0 aliphatic heterocycles. The summed E-state index contributed by atoms with van der Waals surface area (Å²) >= 11 is 0. The Balaban J connectivity index is 1.91. The average Bonchev–Trinajstić information content (AvgIpc) is 2.38. The van der Waals surface area contributed by atoms with E-state index >= 15 is 0 Å². The molecule has 1 aromatic carbocycles. The molecular weight excluding hydrogens is 224 g/mol. The Bertz CT molecular complexity index is 491. The molecule has 1 heterocycles. The highest BCUT2D eigenvalue weighted by atomic mass is 16.5. The average molecular weight is 244 g/mol. The van der Waals surface area contributed by atoms with E-state index in [2.05, 4.69) is 4.98 Å². The van der Waals surface area contributed by atoms with Gasteiger partial charge in [0.15, 0.2) is 0 Å². The van der Waals surface area contributed by atoms with Crippen molar-refractivity contribution in [3.63, 3.8) is 0 Å². The number of fused-ring (bicyclic) bond motifs is 1. The number of benzene rings is 1. The molecule has 0 saturated heterocycles. The minimum atomic E-state index is 0.284. The number of hydrogen-bond acceptors (Lipinski definition) is 3. The number of unbranched alkanes of at least 4 members (excludes halogenated alkanes) is 1. The van der Waals surface area contributed by atoms with Gasteiger partial charge in [-0.15, -0.1) is 0 Å². The van der Waals surface area contributed by atoms with E-state index in [9.17, 15) is 0 Å². The fraction of sp³-hybridized carbons (Fsp3) is 0.400. The summed E-state index contributed by atoms with van der Waals surface area (Å²) in [5.74, 6) is 0.918. The molecule has 18 heavy (non-hydrogen) atoms. The van der Waals surface area contributed by atoms with Crippen LogP contribution in [0.3, 0.4) is 0 Å². The third-order valence-corrected chi connectivity index (χ3v) is 2.92. The smallest absolute Gasteiger partial charge is 0.128 e. The summed E-state index contributed by atoms with van der Waals surface area (Å²) in [7, 11) is 0. The van der Waals surface area contributed by atoms with Crippen LogP contribution in [0.1, 0.15) is 26.2 Å². The van der Waals surface area contributed by atoms with E-state index in [0.717, 1.165) is 42.5 Å². The molecule has 1 unspecified atom stereocenters. The van der Waals surface area contributed by atoms with Gasteiger partial charge in [0.1, 0.15) is 5.75 Å². The Kier molecular flexibility index (Phi) is 4.53. The quantitative estimate of drug-likeness (QED) is 0.794. The summed E-state index contributed by atoms with van der Waals surface area (Å²) in [5, 5.41) is 1.08. The van der Waals surface area contributed by atoms with Gasteiger partial charge in [-0.1, -0.05) is 6.07 Å². The van der Waals surface area contributed by atoms with Crippen molar-refractivity contribution in [2.45, 2.75) is 32.2 Å². The summed E-state index contributed by atoms with van der Waals surface area (Å²) in [4.78, 5) is 4.31. The molecule has 0 fully saturated rings. The molecule has 3 heteroatoms. The highest BCUT2D eigenvalue weighted by Crippen LogP contribution is 2.23. The van der Waals surface area contributed by atoms with Crippen molar-refractivity contribution in [1.29, 1.82) is 0 Å². The first-order valence-corrected chi connectivity index (χ1v) is 6.49. The highest BCUT2D eigenvalue weighted by Gasteiger charge is 2.02. The molecule has 2 aromatic rings. The van der Waals surface area contributed by atoms with E-state index in [1.165, 1.54) is 0 Å². The number of aromatic nitrogens is 1. The summed E-state index contributed by atoms with van der Waals surface area (Å²) in [6.45, 7) is 2.78. The molecular formula is C15H20N2O. The fourth-order valence-electron chi connectivity index (χ4n) is 1.95. The van der Waals surface area contributed by atoms with Crippen molar-refractivity contribution >= 4 is 10.9 Å². The Morgan fingerprint density at radius 1 is 1.22 bits per heavy atom. The first kappa shape index (κ1) is 12.8. The standard InChI is InChI=1S/C15H20N2O/c1-12(16)6-2-3-11-18-15-9-4-8-14-13(15)7-5-10-17-14/h4-5,7-10,12H,2-3,6,11,16H2,1H3. The molecule has 0 aliphatic rings. The van der Waals surface area contributed by atoms with Gasteiger partial charge in [0.2, 0.25) is 0 Å². The lowest BCUT2D eigenvalue weighted by molar-refractivity contribution is 0.307. The predicted molar refractivity (Wildman–Crippen MR) is 74.7 cm³/mol. The Hall–Kier alpha value is -1.61. The Morgan fingerprint density at radius 2 is 2.11 bits per heavy atom. The fourth-order valence-corrected chi connectivity index (χ4v) is 1.95. The van der Waals surface area contributed by atoms with Gasteiger partial charge >= 0.3 is 0 Å². The van der Waals surface area contributed by atoms with Gasteiger partial charge < -0.3 is 10.5 Å². The van der Waals surface area contributed by atoms with E-state index in [0.29, 0.717) is 0 Å². The molecule has 1 aromatic heterocycles. The maximum atomic E-state index is 5.82. The zero-order valence-corrected chi connectivity index (χ0v) is 10.8. The molecule has 96 valence electrons. The molecule has 0 aliphatic carbocycles. The monoisotopic (exact) mass is 244 g/mol. The minimum absolute atomic E-state index is 0.284. The molecule has 0 bridgehead atoms. The van der Waals surface area contributed by atoms with E-state index in [1.54, 1.807) is 6.20 Å². The first-order chi connectivity index (χ1) is 8.77. The van der Waals surface area contributed by atoms with Gasteiger partial charge in [0.25, 0.3) is 0 Å². The van der Waals surface area contributed by atoms with Crippen LogP contribution in [-0.4, -0.2) is 17.6 Å². The number of nitrogens with two attached hydrogens (primary N) is 1. The second kappa shape index (κ2) is 6.36. The molecule has 1 atom stereocenters. The molecule has 2 rings (SSSR count). The van der Waals surface area contributed by atoms with Crippen LogP contribution >= 0.6 is 0 Å². The largest absolute Gasteiger partial charge is 0.493 e. The molecule has 3 nitrogen and oxygen atoms in total. The van der Waals surface area contributed by atoms with Gasteiger partial charge in [-0.05, 0) is 50.5 Å². The Morgan fingerprint density at radius 3 is 2.94 bits per heavy atom. The first-order valence-electron chi connectivity index (χ1n) is 6.49. The lowest BCUT2D eigenvalue weighted by Crippen LogP contribution is -2.14. The van der Waals surface area contributed by atoms with Gasteiger partial charge in [0, 0.05) is 17.6 Å². The van der Waals surface area contributed by atoms with Gasteiger partial charge in [0.05, 0.1) is 12.1 Å². The van der Waals surface area contributed by atoms with Crippen LogP contribution in [0.25, 0.3) is 10.9 Å². The van der Waals surface area contributed by atoms with Crippen LogP contribution in [0.4, 0.5) is 0 Å². The summed E-state index contributed by atoms with van der Waals surface area (Å²) < 4.78 is 5.82. The predicted octanol–water partition coefficient (Wildman–Crippen LogP) is 3.13. The minimum Gasteiger partial charge on any atom is -0.493 e. The second-order valence-electron chi connectivity index (χ2n) is 4.65. The van der Waals surface area contributed by atoms with E-state index < -0.39 is 0 Å². The molecule has 0 saturated carbocycles. The van der Waals surface area contributed by atoms with Crippen LogP contribution in [0.2, 0.25) is 0 Å². The topological polar surface area (TPSA) is 48.1 Å². The molecule has 0 radical (unpaired) electrons. The van der Waals surface area contributed by atoms with Crippen molar-refractivity contribution in [2.24, 2.45) is 5.73 Å². The van der Waals surface area contributed by atoms with Crippen LogP contribution in [0.5, 0.6) is 5.75 Å². The van der Waals surface area contributed by atoms with Crippen molar-refractivity contribution in [1.82, 2.24) is 4.98 Å². The second-order valence-corrected chi connectivity index (χ2v) is 4.65. The maximum Gasteiger partial charge on any atom is 0.128 e. The van der Waals surface area contributed by atoms with Crippen molar-refractivity contribution in [3.05, 3.63) is 36.5 Å². The third-order valence-electron chi connectivity index (χ3n) is 2.92. The SMILES string of the molecule is CC(N)CCCCOc1cccc2ncccc12. The van der Waals surface area contributed by atoms with Gasteiger partial charge in [-0.3, -0.25) is 4.98 Å². The summed E-state index contributed by atoms with van der Waals surface area (Å²) in [6.07, 6.45) is 5.01. The summed E-state index contributed by atoms with van der Waals surface area (Å²) in [5.41, 5.74) is 6.69. The van der Waals surface area contributed by atoms with E-state index in [1.807, 2.05) is 37.3 Å². The van der Waals surface area contributed by atoms with Crippen molar-refractivity contribution < 1.29 is 4.74 Å². The molecule has 0 spiro atoms. The van der Waals surface area contributed by atoms with Crippen LogP contribution in [-0.2, 0) is 0 Å². The molecule has 0 amide bonds. The number of rotatable bonds is 6. The lowest BCUT2D eigenvalue weighted by Gasteiger charge is -2.09. The number of pyridine rings is 1. The van der Waals surface area contributed by atoms with Crippen LogP contribution < -0.4 is 10.5 Å². The third kappa shape index (κ3) is 3.44. The van der Waals surface area contributed by atoms with Crippen LogP contribution in [0.15, 0.2) is 36.5 Å². The summed E-state index contributed by atoms with van der Waals surface area (Å²) in [6, 6.07) is 10.2. The van der Waals surface area contributed by atoms with Crippen molar-refractivity contribution in [2.75, 3.05) is 6.61 Å². The van der Waals surface area contributed by atoms with Crippen LogP contribution in [0, 0.1) is 0 Å². The number of nitrogens with zero attached hydrogens (tertiary/aromatic N) is 1. The van der Waals surface area contributed by atoms with Gasteiger partial charge in [-0.25, -0.2) is 0 Å². The normalized spacial score (nSPS) is 12.6. The zero-order chi connectivity index (χ0) is 12.8. The van der Waals surface area contributed by atoms with E-state index in [4.69, 9.17) is 10.5 Å². The Labute approximate surface area is 108 Å². The molecule has 2 N–H and O–H groups in total. The van der Waals surface area contributed by atoms with Crippen molar-refractivity contribution in [3.8, 4) is 5.75 Å². The van der Waals surface area contributed by atoms with E-state index in [-0.39, 0.29) is 6.04 Å². The maximum absolute atomic E-state index is 5.82. The van der Waals surface area contributed by atoms with Gasteiger partial charge in [-0.2, -0.15) is 0 Å². The number of hydrogen-bond donors (Lipinski definition) is 1. The zero-order valence-electron chi connectivity index (χ0n) is 10.8. The lowest BCUT2D eigenvalue weighted by atomic mass is 10.1. The highest BCUT2D eigenvalue weighted by molar-refractivity contribution is 5.84. The number of ether oxygens (including phenoxy) is 1.